The standard InChI is InChI=1S/C11H25N3/c1-11(2,5-6-12)10(13)9-4-7-14(3)8-9/h9-10H,4-8,12-13H2,1-3H3. The lowest BCUT2D eigenvalue weighted by atomic mass is 9.75. The number of likely N-dealkylation sites (tertiary alicyclic amines) is 1. The van der Waals surface area contributed by atoms with Crippen LogP contribution in [-0.4, -0.2) is 37.6 Å². The third-order valence-corrected chi connectivity index (χ3v) is 3.63. The van der Waals surface area contributed by atoms with Gasteiger partial charge in [-0.2, -0.15) is 0 Å². The van der Waals surface area contributed by atoms with E-state index < -0.39 is 0 Å². The summed E-state index contributed by atoms with van der Waals surface area (Å²) in [6.45, 7) is 7.56. The van der Waals surface area contributed by atoms with Crippen LogP contribution in [0.3, 0.4) is 0 Å². The number of rotatable bonds is 4. The van der Waals surface area contributed by atoms with Crippen LogP contribution in [0.1, 0.15) is 26.7 Å². The van der Waals surface area contributed by atoms with Crippen LogP contribution in [0.25, 0.3) is 0 Å². The summed E-state index contributed by atoms with van der Waals surface area (Å²) in [6, 6.07) is 0.288. The molecular formula is C11H25N3. The number of hydrogen-bond donors (Lipinski definition) is 2. The van der Waals surface area contributed by atoms with Crippen LogP contribution in [0.5, 0.6) is 0 Å². The molecule has 14 heavy (non-hydrogen) atoms. The summed E-state index contributed by atoms with van der Waals surface area (Å²) in [5.74, 6) is 0.654. The maximum Gasteiger partial charge on any atom is 0.0132 e. The molecule has 1 heterocycles. The van der Waals surface area contributed by atoms with E-state index >= 15 is 0 Å². The zero-order chi connectivity index (χ0) is 10.8. The van der Waals surface area contributed by atoms with Gasteiger partial charge in [0.15, 0.2) is 0 Å². The number of nitrogens with zero attached hydrogens (tertiary/aromatic N) is 1. The van der Waals surface area contributed by atoms with E-state index in [0.29, 0.717) is 5.92 Å². The Morgan fingerprint density at radius 1 is 1.50 bits per heavy atom. The molecule has 0 aromatic rings. The minimum Gasteiger partial charge on any atom is -0.330 e. The second-order valence-corrected chi connectivity index (χ2v) is 5.36. The minimum atomic E-state index is 0.185. The van der Waals surface area contributed by atoms with Crippen molar-refractivity contribution in [2.75, 3.05) is 26.7 Å². The second kappa shape index (κ2) is 4.60. The van der Waals surface area contributed by atoms with Crippen molar-refractivity contribution in [3.8, 4) is 0 Å². The Morgan fingerprint density at radius 3 is 2.57 bits per heavy atom. The van der Waals surface area contributed by atoms with Gasteiger partial charge in [0, 0.05) is 12.6 Å². The smallest absolute Gasteiger partial charge is 0.0132 e. The van der Waals surface area contributed by atoms with Gasteiger partial charge in [-0.15, -0.1) is 0 Å². The first-order valence-electron chi connectivity index (χ1n) is 5.61. The monoisotopic (exact) mass is 199 g/mol. The topological polar surface area (TPSA) is 55.3 Å². The molecule has 0 aliphatic carbocycles. The van der Waals surface area contributed by atoms with Crippen LogP contribution in [0, 0.1) is 11.3 Å². The molecule has 0 radical (unpaired) electrons. The van der Waals surface area contributed by atoms with Crippen molar-refractivity contribution in [2.45, 2.75) is 32.7 Å². The lowest BCUT2D eigenvalue weighted by Gasteiger charge is -2.35. The van der Waals surface area contributed by atoms with Gasteiger partial charge in [0.25, 0.3) is 0 Å². The molecule has 2 atom stereocenters. The van der Waals surface area contributed by atoms with Crippen LogP contribution >= 0.6 is 0 Å². The molecule has 1 fully saturated rings. The predicted octanol–water partition coefficient (Wildman–Crippen LogP) is 0.640. The molecule has 0 bridgehead atoms. The maximum atomic E-state index is 6.32. The predicted molar refractivity (Wildman–Crippen MR) is 61.0 cm³/mol. The van der Waals surface area contributed by atoms with Crippen LogP contribution in [0.2, 0.25) is 0 Å². The molecule has 4 N–H and O–H groups in total. The molecule has 0 amide bonds. The summed E-state index contributed by atoms with van der Waals surface area (Å²) >= 11 is 0. The highest BCUT2D eigenvalue weighted by molar-refractivity contribution is 4.91. The van der Waals surface area contributed by atoms with E-state index in [1.54, 1.807) is 0 Å². The summed E-state index contributed by atoms with van der Waals surface area (Å²) in [7, 11) is 2.17. The van der Waals surface area contributed by atoms with Crippen molar-refractivity contribution < 1.29 is 0 Å². The third-order valence-electron chi connectivity index (χ3n) is 3.63. The van der Waals surface area contributed by atoms with E-state index in [0.717, 1.165) is 19.5 Å². The number of hydrogen-bond acceptors (Lipinski definition) is 3. The molecule has 1 aliphatic heterocycles. The Balaban J connectivity index is 2.51. The van der Waals surface area contributed by atoms with Gasteiger partial charge in [-0.05, 0) is 44.3 Å². The molecule has 1 saturated heterocycles. The molecule has 1 rings (SSSR count). The van der Waals surface area contributed by atoms with E-state index in [1.807, 2.05) is 0 Å². The fourth-order valence-corrected chi connectivity index (χ4v) is 2.44. The Bertz CT molecular complexity index is 179. The zero-order valence-electron chi connectivity index (χ0n) is 9.79. The van der Waals surface area contributed by atoms with E-state index in [9.17, 15) is 0 Å². The summed E-state index contributed by atoms with van der Waals surface area (Å²) < 4.78 is 0. The first-order chi connectivity index (χ1) is 6.47. The van der Waals surface area contributed by atoms with Gasteiger partial charge in [-0.3, -0.25) is 0 Å². The lowest BCUT2D eigenvalue weighted by Crippen LogP contribution is -2.45. The summed E-state index contributed by atoms with van der Waals surface area (Å²) in [6.07, 6.45) is 2.26. The largest absolute Gasteiger partial charge is 0.330 e. The Hall–Kier alpha value is -0.120. The second-order valence-electron chi connectivity index (χ2n) is 5.36. The van der Waals surface area contributed by atoms with Gasteiger partial charge < -0.3 is 16.4 Å². The van der Waals surface area contributed by atoms with Gasteiger partial charge in [-0.25, -0.2) is 0 Å². The van der Waals surface area contributed by atoms with Crippen LogP contribution < -0.4 is 11.5 Å². The fraction of sp³-hybridized carbons (Fsp3) is 1.00. The Kier molecular flexibility index (Phi) is 3.93. The quantitative estimate of drug-likeness (QED) is 0.698. The molecule has 3 heteroatoms. The van der Waals surface area contributed by atoms with Gasteiger partial charge in [-0.1, -0.05) is 13.8 Å². The minimum absolute atomic E-state index is 0.185. The van der Waals surface area contributed by atoms with Crippen molar-refractivity contribution in [2.24, 2.45) is 22.8 Å². The molecule has 0 aromatic heterocycles. The van der Waals surface area contributed by atoms with Gasteiger partial charge in [0.05, 0.1) is 0 Å². The summed E-state index contributed by atoms with van der Waals surface area (Å²) in [4.78, 5) is 2.36. The highest BCUT2D eigenvalue weighted by Gasteiger charge is 2.34. The normalized spacial score (nSPS) is 26.8. The summed E-state index contributed by atoms with van der Waals surface area (Å²) in [5.41, 5.74) is 12.1. The van der Waals surface area contributed by atoms with Gasteiger partial charge >= 0.3 is 0 Å². The average molecular weight is 199 g/mol. The van der Waals surface area contributed by atoms with E-state index in [1.165, 1.54) is 13.0 Å². The van der Waals surface area contributed by atoms with Crippen LogP contribution in [0.15, 0.2) is 0 Å². The van der Waals surface area contributed by atoms with E-state index in [-0.39, 0.29) is 11.5 Å². The molecule has 0 saturated carbocycles. The van der Waals surface area contributed by atoms with Crippen molar-refractivity contribution in [3.05, 3.63) is 0 Å². The zero-order valence-corrected chi connectivity index (χ0v) is 9.79. The molecule has 0 spiro atoms. The highest BCUT2D eigenvalue weighted by Crippen LogP contribution is 2.31. The Morgan fingerprint density at radius 2 is 2.14 bits per heavy atom. The van der Waals surface area contributed by atoms with E-state index in [2.05, 4.69) is 25.8 Å². The van der Waals surface area contributed by atoms with Crippen molar-refractivity contribution >= 4 is 0 Å². The molecule has 3 nitrogen and oxygen atoms in total. The van der Waals surface area contributed by atoms with Crippen LogP contribution in [0.4, 0.5) is 0 Å². The van der Waals surface area contributed by atoms with Crippen molar-refractivity contribution in [1.82, 2.24) is 4.90 Å². The SMILES string of the molecule is CN1CCC(C(N)C(C)(C)CCN)C1. The highest BCUT2D eigenvalue weighted by atomic mass is 15.1. The first-order valence-corrected chi connectivity index (χ1v) is 5.61. The molecule has 0 aromatic carbocycles. The summed E-state index contributed by atoms with van der Waals surface area (Å²) in [5, 5.41) is 0. The number of nitrogens with two attached hydrogens (primary N) is 2. The first kappa shape index (κ1) is 12.0. The molecular weight excluding hydrogens is 174 g/mol. The molecule has 2 unspecified atom stereocenters. The van der Waals surface area contributed by atoms with Gasteiger partial charge in [0.1, 0.15) is 0 Å². The van der Waals surface area contributed by atoms with Crippen molar-refractivity contribution in [1.29, 1.82) is 0 Å². The third kappa shape index (κ3) is 2.69. The van der Waals surface area contributed by atoms with Gasteiger partial charge in [0.2, 0.25) is 0 Å². The lowest BCUT2D eigenvalue weighted by molar-refractivity contribution is 0.202. The average Bonchev–Trinajstić information content (AvgIpc) is 2.50. The fourth-order valence-electron chi connectivity index (χ4n) is 2.44. The Labute approximate surface area is 87.8 Å². The maximum absolute atomic E-state index is 6.32. The molecule has 1 aliphatic rings. The molecule has 84 valence electrons. The van der Waals surface area contributed by atoms with E-state index in [4.69, 9.17) is 11.5 Å². The van der Waals surface area contributed by atoms with Crippen LogP contribution in [-0.2, 0) is 0 Å². The van der Waals surface area contributed by atoms with Crippen molar-refractivity contribution in [3.63, 3.8) is 0 Å².